The van der Waals surface area contributed by atoms with Gasteiger partial charge in [0.15, 0.2) is 0 Å². The number of hydrogen-bond acceptors (Lipinski definition) is 2. The number of nitrogens with one attached hydrogen (secondary N) is 2. The zero-order valence-electron chi connectivity index (χ0n) is 8.88. The van der Waals surface area contributed by atoms with E-state index in [4.69, 9.17) is 11.6 Å². The average Bonchev–Trinajstić information content (AvgIpc) is 1.99. The van der Waals surface area contributed by atoms with Crippen molar-refractivity contribution in [2.45, 2.75) is 38.6 Å². The van der Waals surface area contributed by atoms with Crippen molar-refractivity contribution in [3.63, 3.8) is 0 Å². The first kappa shape index (κ1) is 12.3. The first-order valence-corrected chi connectivity index (χ1v) is 5.83. The lowest BCUT2D eigenvalue weighted by atomic mass is 9.80. The van der Waals surface area contributed by atoms with Crippen LogP contribution in [-0.4, -0.2) is 23.9 Å². The molecule has 0 aromatic rings. The van der Waals surface area contributed by atoms with Crippen molar-refractivity contribution in [3.8, 4) is 0 Å². The number of carbonyl (C=O) groups excluding carboxylic acids is 2. The van der Waals surface area contributed by atoms with Gasteiger partial charge in [-0.25, -0.2) is 4.79 Å². The smallest absolute Gasteiger partial charge is 0.321 e. The molecule has 0 heterocycles. The lowest BCUT2D eigenvalue weighted by Gasteiger charge is -2.31. The molecule has 1 saturated carbocycles. The minimum atomic E-state index is -0.412. The normalized spacial score (nSPS) is 17.7. The molecule has 86 valence electrons. The van der Waals surface area contributed by atoms with Crippen molar-refractivity contribution in [2.75, 3.05) is 5.88 Å². The average molecular weight is 233 g/mol. The summed E-state index contributed by atoms with van der Waals surface area (Å²) in [5.41, 5.74) is 0. The Morgan fingerprint density at radius 2 is 2.13 bits per heavy atom. The Bertz CT molecular complexity index is 242. The van der Waals surface area contributed by atoms with Crippen molar-refractivity contribution in [1.29, 1.82) is 0 Å². The van der Waals surface area contributed by atoms with Crippen molar-refractivity contribution < 1.29 is 9.59 Å². The Labute approximate surface area is 94.7 Å². The summed E-state index contributed by atoms with van der Waals surface area (Å²) in [5, 5.41) is 5.00. The van der Waals surface area contributed by atoms with Gasteiger partial charge >= 0.3 is 6.03 Å². The first-order valence-electron chi connectivity index (χ1n) is 5.29. The molecular formula is C10H17ClN2O2. The van der Waals surface area contributed by atoms with E-state index in [1.165, 1.54) is 6.42 Å². The number of hydrogen-bond donors (Lipinski definition) is 2. The molecule has 3 amide bonds. The molecule has 0 aromatic carbocycles. The van der Waals surface area contributed by atoms with Gasteiger partial charge in [0, 0.05) is 18.3 Å². The number of amides is 3. The summed E-state index contributed by atoms with van der Waals surface area (Å²) in [6, 6.07) is -0.271. The number of rotatable bonds is 4. The Morgan fingerprint density at radius 1 is 1.47 bits per heavy atom. The predicted octanol–water partition coefficient (Wildman–Crippen LogP) is 1.63. The molecule has 0 saturated heterocycles. The van der Waals surface area contributed by atoms with E-state index >= 15 is 0 Å². The number of carbonyl (C=O) groups is 2. The minimum absolute atomic E-state index is 0.141. The summed E-state index contributed by atoms with van der Waals surface area (Å²) in [4.78, 5) is 22.3. The molecule has 15 heavy (non-hydrogen) atoms. The molecule has 1 unspecified atom stereocenters. The Balaban J connectivity index is 2.19. The van der Waals surface area contributed by atoms with Crippen LogP contribution in [0.4, 0.5) is 4.79 Å². The van der Waals surface area contributed by atoms with Crippen molar-refractivity contribution >= 4 is 23.5 Å². The van der Waals surface area contributed by atoms with Crippen LogP contribution in [0.2, 0.25) is 0 Å². The van der Waals surface area contributed by atoms with Crippen LogP contribution in [-0.2, 0) is 4.79 Å². The molecule has 1 rings (SSSR count). The lowest BCUT2D eigenvalue weighted by Crippen LogP contribution is -2.47. The van der Waals surface area contributed by atoms with E-state index in [0.717, 1.165) is 12.8 Å². The second-order valence-electron chi connectivity index (χ2n) is 3.94. The van der Waals surface area contributed by atoms with Gasteiger partial charge in [0.2, 0.25) is 5.91 Å². The molecule has 5 heteroatoms. The highest BCUT2D eigenvalue weighted by Crippen LogP contribution is 2.29. The molecule has 4 nitrogen and oxygen atoms in total. The maximum absolute atomic E-state index is 11.3. The van der Waals surface area contributed by atoms with E-state index in [-0.39, 0.29) is 24.2 Å². The molecular weight excluding hydrogens is 216 g/mol. The molecule has 1 aliphatic carbocycles. The number of imide groups is 1. The van der Waals surface area contributed by atoms with Gasteiger partial charge in [-0.05, 0) is 25.7 Å². The summed E-state index contributed by atoms with van der Waals surface area (Å²) in [6.07, 6.45) is 3.74. The van der Waals surface area contributed by atoms with Crippen molar-refractivity contribution in [3.05, 3.63) is 0 Å². The van der Waals surface area contributed by atoms with Crippen LogP contribution in [0.25, 0.3) is 0 Å². The Hall–Kier alpha value is -0.770. The van der Waals surface area contributed by atoms with Crippen LogP contribution < -0.4 is 10.6 Å². The second kappa shape index (κ2) is 5.95. The molecule has 2 N–H and O–H groups in total. The summed E-state index contributed by atoms with van der Waals surface area (Å²) in [6.45, 7) is 1.97. The summed E-state index contributed by atoms with van der Waals surface area (Å²) in [7, 11) is 0. The van der Waals surface area contributed by atoms with E-state index in [9.17, 15) is 9.59 Å². The highest BCUT2D eigenvalue weighted by atomic mass is 35.5. The summed E-state index contributed by atoms with van der Waals surface area (Å²) < 4.78 is 0. The van der Waals surface area contributed by atoms with E-state index < -0.39 is 6.03 Å². The van der Waals surface area contributed by atoms with Crippen LogP contribution in [0, 0.1) is 5.92 Å². The van der Waals surface area contributed by atoms with Crippen LogP contribution in [0.3, 0.4) is 0 Å². The van der Waals surface area contributed by atoms with E-state index in [2.05, 4.69) is 10.6 Å². The van der Waals surface area contributed by atoms with E-state index in [0.29, 0.717) is 5.92 Å². The standard InChI is InChI=1S/C10H17ClN2O2/c1-7(8-3-2-4-8)12-10(15)13-9(14)5-6-11/h7-8H,2-6H2,1H3,(H2,12,13,14,15). The number of halogens is 1. The Morgan fingerprint density at radius 3 is 2.60 bits per heavy atom. The SMILES string of the molecule is CC(NC(=O)NC(=O)CCCl)C1CCC1. The van der Waals surface area contributed by atoms with E-state index in [1.54, 1.807) is 0 Å². The van der Waals surface area contributed by atoms with Crippen LogP contribution >= 0.6 is 11.6 Å². The molecule has 0 aliphatic heterocycles. The number of urea groups is 1. The van der Waals surface area contributed by atoms with Crippen molar-refractivity contribution in [2.24, 2.45) is 5.92 Å². The fourth-order valence-corrected chi connectivity index (χ4v) is 1.75. The quantitative estimate of drug-likeness (QED) is 0.724. The molecule has 1 fully saturated rings. The van der Waals surface area contributed by atoms with Gasteiger partial charge in [0.05, 0.1) is 0 Å². The molecule has 1 aliphatic rings. The fraction of sp³-hybridized carbons (Fsp3) is 0.800. The fourth-order valence-electron chi connectivity index (χ4n) is 1.58. The van der Waals surface area contributed by atoms with Gasteiger partial charge in [0.1, 0.15) is 0 Å². The molecule has 0 bridgehead atoms. The van der Waals surface area contributed by atoms with Gasteiger partial charge in [-0.15, -0.1) is 11.6 Å². The zero-order valence-corrected chi connectivity index (χ0v) is 9.64. The zero-order chi connectivity index (χ0) is 11.3. The third-order valence-corrected chi connectivity index (χ3v) is 2.98. The maximum atomic E-state index is 11.3. The number of alkyl halides is 1. The van der Waals surface area contributed by atoms with Crippen LogP contribution in [0.5, 0.6) is 0 Å². The maximum Gasteiger partial charge on any atom is 0.321 e. The largest absolute Gasteiger partial charge is 0.335 e. The minimum Gasteiger partial charge on any atom is -0.335 e. The first-order chi connectivity index (χ1) is 7.13. The second-order valence-corrected chi connectivity index (χ2v) is 4.32. The highest BCUT2D eigenvalue weighted by Gasteiger charge is 2.25. The molecule has 0 radical (unpaired) electrons. The van der Waals surface area contributed by atoms with Crippen LogP contribution in [0.1, 0.15) is 32.6 Å². The van der Waals surface area contributed by atoms with Crippen molar-refractivity contribution in [1.82, 2.24) is 10.6 Å². The van der Waals surface area contributed by atoms with Gasteiger partial charge in [-0.2, -0.15) is 0 Å². The summed E-state index contributed by atoms with van der Waals surface area (Å²) in [5.74, 6) is 0.472. The molecule has 1 atom stereocenters. The Kier molecular flexibility index (Phi) is 4.88. The lowest BCUT2D eigenvalue weighted by molar-refractivity contribution is -0.119. The highest BCUT2D eigenvalue weighted by molar-refractivity contribution is 6.19. The molecule has 0 aromatic heterocycles. The third-order valence-electron chi connectivity index (χ3n) is 2.79. The monoisotopic (exact) mass is 232 g/mol. The topological polar surface area (TPSA) is 58.2 Å². The van der Waals surface area contributed by atoms with Gasteiger partial charge in [-0.3, -0.25) is 10.1 Å². The molecule has 0 spiro atoms. The van der Waals surface area contributed by atoms with Crippen LogP contribution in [0.15, 0.2) is 0 Å². The van der Waals surface area contributed by atoms with Gasteiger partial charge < -0.3 is 5.32 Å². The predicted molar refractivity (Wildman–Crippen MR) is 58.8 cm³/mol. The third kappa shape index (κ3) is 4.08. The van der Waals surface area contributed by atoms with Gasteiger partial charge in [0.25, 0.3) is 0 Å². The van der Waals surface area contributed by atoms with E-state index in [1.807, 2.05) is 6.92 Å². The van der Waals surface area contributed by atoms with Gasteiger partial charge in [-0.1, -0.05) is 6.42 Å². The summed E-state index contributed by atoms with van der Waals surface area (Å²) >= 11 is 5.38.